The molecule has 0 radical (unpaired) electrons. The first-order chi connectivity index (χ1) is 8.97. The minimum absolute atomic E-state index is 0.127. The number of benzene rings is 1. The third-order valence-corrected chi connectivity index (χ3v) is 3.37. The van der Waals surface area contributed by atoms with Crippen molar-refractivity contribution in [3.05, 3.63) is 44.8 Å². The summed E-state index contributed by atoms with van der Waals surface area (Å²) in [5.41, 5.74) is 7.81. The normalized spacial score (nSPS) is 10.7. The average Bonchev–Trinajstić information content (AvgIpc) is 2.38. The Morgan fingerprint density at radius 2 is 2.00 bits per heavy atom. The number of nitrogens with zero attached hydrogens (tertiary/aromatic N) is 4. The van der Waals surface area contributed by atoms with Gasteiger partial charge >= 0.3 is 0 Å². The fourth-order valence-corrected chi connectivity index (χ4v) is 2.09. The highest BCUT2D eigenvalue weighted by Gasteiger charge is 2.16. The van der Waals surface area contributed by atoms with E-state index in [-0.39, 0.29) is 30.2 Å². The van der Waals surface area contributed by atoms with Crippen molar-refractivity contribution in [1.82, 2.24) is 0 Å². The van der Waals surface area contributed by atoms with Gasteiger partial charge in [-0.2, -0.15) is 8.42 Å². The molecule has 1 rings (SSSR count). The molecule has 0 atom stereocenters. The predicted molar refractivity (Wildman–Crippen MR) is 64.9 cm³/mol. The molecule has 0 bridgehead atoms. The van der Waals surface area contributed by atoms with Crippen molar-refractivity contribution >= 4 is 15.8 Å². The number of hydrogen-bond donors (Lipinski definition) is 0. The molecule has 0 aliphatic rings. The highest BCUT2D eigenvalue weighted by Crippen LogP contribution is 2.17. The van der Waals surface area contributed by atoms with E-state index in [9.17, 15) is 18.5 Å². The van der Waals surface area contributed by atoms with Crippen molar-refractivity contribution in [2.75, 3.05) is 13.2 Å². The first kappa shape index (κ1) is 14.9. The van der Waals surface area contributed by atoms with Gasteiger partial charge in [-0.25, -0.2) is 0 Å². The quantitative estimate of drug-likeness (QED) is 0.144. The van der Waals surface area contributed by atoms with Gasteiger partial charge in [0.05, 0.1) is 16.4 Å². The lowest BCUT2D eigenvalue weighted by Gasteiger charge is -2.04. The molecule has 0 aliphatic carbocycles. The van der Waals surface area contributed by atoms with Gasteiger partial charge in [-0.3, -0.25) is 14.3 Å². The summed E-state index contributed by atoms with van der Waals surface area (Å²) in [6, 6.07) is 4.36. The Bertz CT molecular complexity index is 592. The van der Waals surface area contributed by atoms with E-state index in [1.807, 2.05) is 0 Å². The molecule has 9 nitrogen and oxygen atoms in total. The van der Waals surface area contributed by atoms with E-state index in [2.05, 4.69) is 14.2 Å². The lowest BCUT2D eigenvalue weighted by molar-refractivity contribution is -0.384. The maximum absolute atomic E-state index is 11.7. The molecule has 0 saturated carbocycles. The van der Waals surface area contributed by atoms with Crippen LogP contribution < -0.4 is 0 Å². The molecular formula is C9H10N4O5S. The molecule has 0 unspecified atom stereocenters. The number of rotatable bonds is 7. The fraction of sp³-hybridized carbons (Fsp3) is 0.333. The zero-order valence-electron chi connectivity index (χ0n) is 9.67. The minimum atomic E-state index is -3.95. The van der Waals surface area contributed by atoms with Gasteiger partial charge in [0.2, 0.25) is 0 Å². The maximum atomic E-state index is 11.7. The van der Waals surface area contributed by atoms with Crippen LogP contribution in [0.15, 0.2) is 34.3 Å². The zero-order valence-corrected chi connectivity index (χ0v) is 10.5. The molecule has 0 amide bonds. The average molecular weight is 286 g/mol. The van der Waals surface area contributed by atoms with Crippen LogP contribution in [0.2, 0.25) is 0 Å². The molecule has 1 aromatic carbocycles. The summed E-state index contributed by atoms with van der Waals surface area (Å²) in [6.45, 7) is 0.00459. The van der Waals surface area contributed by atoms with Crippen molar-refractivity contribution in [2.45, 2.75) is 11.3 Å². The van der Waals surface area contributed by atoms with Crippen LogP contribution in [0, 0.1) is 10.1 Å². The largest absolute Gasteiger partial charge is 0.296 e. The van der Waals surface area contributed by atoms with Gasteiger partial charge in [0.1, 0.15) is 0 Å². The Morgan fingerprint density at radius 3 is 2.53 bits per heavy atom. The molecule has 0 saturated heterocycles. The highest BCUT2D eigenvalue weighted by molar-refractivity contribution is 7.86. The second-order valence-corrected chi connectivity index (χ2v) is 4.95. The van der Waals surface area contributed by atoms with Gasteiger partial charge in [0.25, 0.3) is 15.8 Å². The van der Waals surface area contributed by atoms with Crippen molar-refractivity contribution in [3.63, 3.8) is 0 Å². The second kappa shape index (κ2) is 6.69. The van der Waals surface area contributed by atoms with Gasteiger partial charge in [-0.05, 0) is 24.1 Å². The fourth-order valence-electron chi connectivity index (χ4n) is 1.15. The standard InChI is InChI=1S/C9H10N4O5S/c10-12-11-6-1-7-18-19(16,17)9-4-2-8(3-5-9)13(14)15/h2-5H,1,6-7H2. The van der Waals surface area contributed by atoms with Crippen LogP contribution in [0.4, 0.5) is 5.69 Å². The third-order valence-electron chi connectivity index (χ3n) is 2.04. The van der Waals surface area contributed by atoms with Crippen molar-refractivity contribution in [2.24, 2.45) is 5.11 Å². The van der Waals surface area contributed by atoms with Gasteiger partial charge in [0, 0.05) is 23.6 Å². The van der Waals surface area contributed by atoms with Crippen LogP contribution in [0.5, 0.6) is 0 Å². The van der Waals surface area contributed by atoms with Crippen LogP contribution in [0.25, 0.3) is 10.4 Å². The minimum Gasteiger partial charge on any atom is -0.266 e. The van der Waals surface area contributed by atoms with Crippen molar-refractivity contribution in [3.8, 4) is 0 Å². The Morgan fingerprint density at radius 1 is 1.37 bits per heavy atom. The van der Waals surface area contributed by atoms with Crippen LogP contribution in [0.3, 0.4) is 0 Å². The molecule has 10 heteroatoms. The summed E-state index contributed by atoms with van der Waals surface area (Å²) in [5.74, 6) is 0. The van der Waals surface area contributed by atoms with Crippen molar-refractivity contribution in [1.29, 1.82) is 0 Å². The Balaban J connectivity index is 2.66. The number of nitro benzene ring substituents is 1. The van der Waals surface area contributed by atoms with Crippen LogP contribution in [0.1, 0.15) is 6.42 Å². The Kier molecular flexibility index (Phi) is 5.24. The summed E-state index contributed by atoms with van der Waals surface area (Å²) >= 11 is 0. The molecule has 0 aliphatic heterocycles. The molecule has 0 heterocycles. The van der Waals surface area contributed by atoms with Crippen LogP contribution in [-0.2, 0) is 14.3 Å². The lowest BCUT2D eigenvalue weighted by Crippen LogP contribution is -2.08. The maximum Gasteiger partial charge on any atom is 0.296 e. The topological polar surface area (TPSA) is 135 Å². The molecular weight excluding hydrogens is 276 g/mol. The molecule has 0 N–H and O–H groups in total. The summed E-state index contributed by atoms with van der Waals surface area (Å²) < 4.78 is 28.0. The highest BCUT2D eigenvalue weighted by atomic mass is 32.2. The monoisotopic (exact) mass is 286 g/mol. The number of azide groups is 1. The molecule has 0 fully saturated rings. The Hall–Kier alpha value is -2.16. The molecule has 0 spiro atoms. The number of non-ortho nitro benzene ring substituents is 1. The summed E-state index contributed by atoms with van der Waals surface area (Å²) in [4.78, 5) is 12.1. The van der Waals surface area contributed by atoms with E-state index in [1.54, 1.807) is 0 Å². The van der Waals surface area contributed by atoms with Crippen LogP contribution >= 0.6 is 0 Å². The summed E-state index contributed by atoms with van der Waals surface area (Å²) in [7, 11) is -3.95. The van der Waals surface area contributed by atoms with Gasteiger partial charge in [-0.1, -0.05) is 5.11 Å². The van der Waals surface area contributed by atoms with Gasteiger partial charge in [0.15, 0.2) is 0 Å². The lowest BCUT2D eigenvalue weighted by atomic mass is 10.3. The number of nitro groups is 1. The molecule has 1 aromatic rings. The van der Waals surface area contributed by atoms with Crippen molar-refractivity contribution < 1.29 is 17.5 Å². The van der Waals surface area contributed by atoms with Crippen LogP contribution in [-0.4, -0.2) is 26.5 Å². The summed E-state index contributed by atoms with van der Waals surface area (Å²) in [6.07, 6.45) is 0.260. The molecule has 0 aromatic heterocycles. The molecule has 102 valence electrons. The first-order valence-corrected chi connectivity index (χ1v) is 6.53. The predicted octanol–water partition coefficient (Wildman–Crippen LogP) is 2.00. The van der Waals surface area contributed by atoms with E-state index in [4.69, 9.17) is 5.53 Å². The SMILES string of the molecule is [N-]=[N+]=NCCCOS(=O)(=O)c1ccc([N+](=O)[O-])cc1. The van der Waals surface area contributed by atoms with E-state index in [0.29, 0.717) is 0 Å². The number of hydrogen-bond acceptors (Lipinski definition) is 6. The van der Waals surface area contributed by atoms with E-state index >= 15 is 0 Å². The van der Waals surface area contributed by atoms with Gasteiger partial charge in [-0.15, -0.1) is 0 Å². The van der Waals surface area contributed by atoms with Gasteiger partial charge < -0.3 is 0 Å². The first-order valence-electron chi connectivity index (χ1n) is 5.12. The zero-order chi connectivity index (χ0) is 14.3. The summed E-state index contributed by atoms with van der Waals surface area (Å²) in [5, 5.41) is 13.6. The van der Waals surface area contributed by atoms with E-state index < -0.39 is 15.0 Å². The molecule has 19 heavy (non-hydrogen) atoms. The van der Waals surface area contributed by atoms with E-state index in [1.165, 1.54) is 0 Å². The Labute approximate surface area is 108 Å². The second-order valence-electron chi connectivity index (χ2n) is 3.34. The smallest absolute Gasteiger partial charge is 0.266 e. The third kappa shape index (κ3) is 4.54. The van der Waals surface area contributed by atoms with E-state index in [0.717, 1.165) is 24.3 Å².